The van der Waals surface area contributed by atoms with Gasteiger partial charge in [-0.3, -0.25) is 9.10 Å². The summed E-state index contributed by atoms with van der Waals surface area (Å²) in [6.45, 7) is 1.44. The van der Waals surface area contributed by atoms with Gasteiger partial charge in [0.1, 0.15) is 12.4 Å². The lowest BCUT2D eigenvalue weighted by Gasteiger charge is -2.24. The van der Waals surface area contributed by atoms with Gasteiger partial charge >= 0.3 is 0 Å². The van der Waals surface area contributed by atoms with E-state index in [0.29, 0.717) is 17.9 Å². The highest BCUT2D eigenvalue weighted by Crippen LogP contribution is 2.32. The summed E-state index contributed by atoms with van der Waals surface area (Å²) in [5.41, 5.74) is 1.67. The van der Waals surface area contributed by atoms with Gasteiger partial charge in [-0.2, -0.15) is 0 Å². The average Bonchev–Trinajstić information content (AvgIpc) is 2.83. The van der Waals surface area contributed by atoms with Crippen LogP contribution < -0.4 is 19.1 Å². The molecule has 1 amide bonds. The third kappa shape index (κ3) is 5.43. The third-order valence-electron chi connectivity index (χ3n) is 5.02. The molecule has 33 heavy (non-hydrogen) atoms. The predicted molar refractivity (Wildman–Crippen MR) is 125 cm³/mol. The number of hydrogen-bond donors (Lipinski definition) is 1. The van der Waals surface area contributed by atoms with Gasteiger partial charge in [0.05, 0.1) is 24.8 Å². The summed E-state index contributed by atoms with van der Waals surface area (Å²) in [4.78, 5) is 12.8. The zero-order valence-electron chi connectivity index (χ0n) is 18.5. The van der Waals surface area contributed by atoms with Crippen molar-refractivity contribution in [1.82, 2.24) is 0 Å². The van der Waals surface area contributed by atoms with Crippen molar-refractivity contribution in [3.05, 3.63) is 78.1 Å². The highest BCUT2D eigenvalue weighted by molar-refractivity contribution is 7.92. The van der Waals surface area contributed by atoms with Gasteiger partial charge in [0.2, 0.25) is 5.91 Å². The van der Waals surface area contributed by atoms with Crippen molar-refractivity contribution in [2.24, 2.45) is 0 Å². The van der Waals surface area contributed by atoms with Crippen LogP contribution in [0.25, 0.3) is 0 Å². The molecule has 0 fully saturated rings. The molecule has 9 heteroatoms. The maximum absolute atomic E-state index is 13.6. The van der Waals surface area contributed by atoms with Gasteiger partial charge < -0.3 is 14.8 Å². The first-order valence-corrected chi connectivity index (χ1v) is 11.6. The van der Waals surface area contributed by atoms with Gasteiger partial charge in [-0.1, -0.05) is 25.1 Å². The Morgan fingerprint density at radius 2 is 1.64 bits per heavy atom. The minimum atomic E-state index is -4.21. The van der Waals surface area contributed by atoms with Crippen LogP contribution in [-0.4, -0.2) is 35.1 Å². The number of anilines is 2. The van der Waals surface area contributed by atoms with Gasteiger partial charge in [-0.05, 0) is 54.4 Å². The Bertz CT molecular complexity index is 1230. The molecular formula is C24H25FN2O5S. The standard InChI is InChI=1S/C24H25FN2O5S/c1-4-17-7-5-6-8-21(17)26-24(28)16-27(19-11-9-18(25)10-12-19)33(29,30)20-13-14-22(31-2)23(15-20)32-3/h5-15H,4,16H2,1-3H3,(H,26,28). The molecule has 3 aromatic carbocycles. The van der Waals surface area contributed by atoms with Gasteiger partial charge in [-0.15, -0.1) is 0 Å². The Kier molecular flexibility index (Phi) is 7.55. The van der Waals surface area contributed by atoms with E-state index in [4.69, 9.17) is 9.47 Å². The van der Waals surface area contributed by atoms with E-state index in [0.717, 1.165) is 22.0 Å². The van der Waals surface area contributed by atoms with Gasteiger partial charge in [0.15, 0.2) is 11.5 Å². The molecule has 0 aliphatic heterocycles. The number of nitrogens with zero attached hydrogens (tertiary/aromatic N) is 1. The zero-order valence-corrected chi connectivity index (χ0v) is 19.4. The predicted octanol–water partition coefficient (Wildman–Crippen LogP) is 4.24. The topological polar surface area (TPSA) is 84.9 Å². The summed E-state index contributed by atoms with van der Waals surface area (Å²) in [5.74, 6) is -0.481. The van der Waals surface area contributed by atoms with Crippen LogP contribution >= 0.6 is 0 Å². The second-order valence-corrected chi connectivity index (χ2v) is 8.93. The first-order chi connectivity index (χ1) is 15.8. The second kappa shape index (κ2) is 10.4. The summed E-state index contributed by atoms with van der Waals surface area (Å²) in [7, 11) is -1.38. The minimum Gasteiger partial charge on any atom is -0.493 e. The number of benzene rings is 3. The van der Waals surface area contributed by atoms with E-state index in [9.17, 15) is 17.6 Å². The number of halogens is 1. The summed E-state index contributed by atoms with van der Waals surface area (Å²) >= 11 is 0. The number of sulfonamides is 1. The molecule has 0 radical (unpaired) electrons. The van der Waals surface area contributed by atoms with E-state index < -0.39 is 28.3 Å². The van der Waals surface area contributed by atoms with E-state index in [1.807, 2.05) is 19.1 Å². The van der Waals surface area contributed by atoms with Crippen LogP contribution in [0.4, 0.5) is 15.8 Å². The smallest absolute Gasteiger partial charge is 0.264 e. The monoisotopic (exact) mass is 472 g/mol. The molecule has 0 aliphatic rings. The average molecular weight is 473 g/mol. The SMILES string of the molecule is CCc1ccccc1NC(=O)CN(c1ccc(F)cc1)S(=O)(=O)c1ccc(OC)c(OC)c1. The molecular weight excluding hydrogens is 447 g/mol. The van der Waals surface area contributed by atoms with Crippen molar-refractivity contribution in [1.29, 1.82) is 0 Å². The Morgan fingerprint density at radius 1 is 0.970 bits per heavy atom. The summed E-state index contributed by atoms with van der Waals surface area (Å²) in [6.07, 6.45) is 0.696. The molecule has 0 aromatic heterocycles. The fourth-order valence-electron chi connectivity index (χ4n) is 3.30. The van der Waals surface area contributed by atoms with Crippen LogP contribution in [0.5, 0.6) is 11.5 Å². The van der Waals surface area contributed by atoms with E-state index in [1.165, 1.54) is 44.6 Å². The Hall–Kier alpha value is -3.59. The van der Waals surface area contributed by atoms with Crippen molar-refractivity contribution in [2.45, 2.75) is 18.2 Å². The highest BCUT2D eigenvalue weighted by Gasteiger charge is 2.28. The number of methoxy groups -OCH3 is 2. The van der Waals surface area contributed by atoms with E-state index in [-0.39, 0.29) is 16.3 Å². The van der Waals surface area contributed by atoms with E-state index in [1.54, 1.807) is 12.1 Å². The molecule has 174 valence electrons. The molecule has 0 aliphatic carbocycles. The van der Waals surface area contributed by atoms with Crippen molar-refractivity contribution in [2.75, 3.05) is 30.4 Å². The van der Waals surface area contributed by atoms with Crippen molar-refractivity contribution in [3.63, 3.8) is 0 Å². The maximum Gasteiger partial charge on any atom is 0.264 e. The molecule has 0 atom stereocenters. The minimum absolute atomic E-state index is 0.105. The van der Waals surface area contributed by atoms with E-state index >= 15 is 0 Å². The number of ether oxygens (including phenoxy) is 2. The number of para-hydroxylation sites is 1. The van der Waals surface area contributed by atoms with Gasteiger partial charge in [0, 0.05) is 11.8 Å². The number of aryl methyl sites for hydroxylation is 1. The van der Waals surface area contributed by atoms with Crippen molar-refractivity contribution in [3.8, 4) is 11.5 Å². The van der Waals surface area contributed by atoms with Crippen LogP contribution in [0.15, 0.2) is 71.6 Å². The number of rotatable bonds is 9. The summed E-state index contributed by atoms with van der Waals surface area (Å²) in [5, 5.41) is 2.77. The molecule has 0 spiro atoms. The molecule has 0 heterocycles. The Morgan fingerprint density at radius 3 is 2.27 bits per heavy atom. The first-order valence-electron chi connectivity index (χ1n) is 10.2. The molecule has 3 aromatic rings. The maximum atomic E-state index is 13.6. The van der Waals surface area contributed by atoms with Crippen LogP contribution in [-0.2, 0) is 21.2 Å². The van der Waals surface area contributed by atoms with Crippen LogP contribution in [0.3, 0.4) is 0 Å². The van der Waals surface area contributed by atoms with Crippen LogP contribution in [0, 0.1) is 5.82 Å². The lowest BCUT2D eigenvalue weighted by atomic mass is 10.1. The van der Waals surface area contributed by atoms with E-state index in [2.05, 4.69) is 5.32 Å². The van der Waals surface area contributed by atoms with Crippen LogP contribution in [0.2, 0.25) is 0 Å². The molecule has 0 unspecified atom stereocenters. The zero-order chi connectivity index (χ0) is 24.0. The highest BCUT2D eigenvalue weighted by atomic mass is 32.2. The summed E-state index contributed by atoms with van der Waals surface area (Å²) in [6, 6.07) is 16.3. The fraction of sp³-hybridized carbons (Fsp3) is 0.208. The normalized spacial score (nSPS) is 11.0. The van der Waals surface area contributed by atoms with Gasteiger partial charge in [-0.25, -0.2) is 12.8 Å². The first kappa shape index (κ1) is 24.1. The van der Waals surface area contributed by atoms with Crippen molar-refractivity contribution < 1.29 is 27.1 Å². The molecule has 3 rings (SSSR count). The number of amides is 1. The second-order valence-electron chi connectivity index (χ2n) is 7.06. The van der Waals surface area contributed by atoms with Crippen molar-refractivity contribution >= 4 is 27.3 Å². The number of carbonyl (C=O) groups is 1. The van der Waals surface area contributed by atoms with Gasteiger partial charge in [0.25, 0.3) is 10.0 Å². The molecule has 0 bridgehead atoms. The molecule has 7 nitrogen and oxygen atoms in total. The number of hydrogen-bond acceptors (Lipinski definition) is 5. The third-order valence-corrected chi connectivity index (χ3v) is 6.79. The molecule has 0 saturated carbocycles. The fourth-order valence-corrected chi connectivity index (χ4v) is 4.73. The Balaban J connectivity index is 1.99. The number of nitrogens with one attached hydrogen (secondary N) is 1. The summed E-state index contributed by atoms with van der Waals surface area (Å²) < 4.78 is 51.9. The lowest BCUT2D eigenvalue weighted by Crippen LogP contribution is -2.38. The molecule has 0 saturated heterocycles. The number of carbonyl (C=O) groups excluding carboxylic acids is 1. The van der Waals surface area contributed by atoms with Crippen LogP contribution in [0.1, 0.15) is 12.5 Å². The lowest BCUT2D eigenvalue weighted by molar-refractivity contribution is -0.114. The molecule has 1 N–H and O–H groups in total. The largest absolute Gasteiger partial charge is 0.493 e. The Labute approximate surface area is 192 Å². The quantitative estimate of drug-likeness (QED) is 0.504.